The van der Waals surface area contributed by atoms with Gasteiger partial charge in [0.2, 0.25) is 0 Å². The zero-order valence-electron chi connectivity index (χ0n) is 12.1. The van der Waals surface area contributed by atoms with E-state index in [9.17, 15) is 0 Å². The summed E-state index contributed by atoms with van der Waals surface area (Å²) < 4.78 is 0. The molecule has 2 saturated heterocycles. The predicted octanol–water partition coefficient (Wildman–Crippen LogP) is 2.15. The molecule has 0 bridgehead atoms. The number of nitrogens with zero attached hydrogens (tertiary/aromatic N) is 3. The van der Waals surface area contributed by atoms with Crippen molar-refractivity contribution >= 4 is 16.5 Å². The predicted molar refractivity (Wildman–Crippen MR) is 83.4 cm³/mol. The number of hydrogen-bond donors (Lipinski definition) is 1. The van der Waals surface area contributed by atoms with Gasteiger partial charge in [-0.05, 0) is 51.6 Å². The number of fused-ring (bicyclic) bond motifs is 1. The Balaban J connectivity index is 1.48. The Morgan fingerprint density at radius 2 is 1.95 bits per heavy atom. The molecule has 2 aliphatic heterocycles. The Bertz CT molecular complexity index is 480. The maximum absolute atomic E-state index is 6.23. The van der Waals surface area contributed by atoms with E-state index >= 15 is 0 Å². The van der Waals surface area contributed by atoms with Crippen LogP contribution >= 0.6 is 11.3 Å². The largest absolute Gasteiger partial charge is 0.346 e. The lowest BCUT2D eigenvalue weighted by Crippen LogP contribution is -2.35. The van der Waals surface area contributed by atoms with Gasteiger partial charge < -0.3 is 10.6 Å². The Morgan fingerprint density at radius 1 is 1.10 bits per heavy atom. The maximum Gasteiger partial charge on any atom is 0.185 e. The van der Waals surface area contributed by atoms with Crippen LogP contribution in [0.2, 0.25) is 0 Å². The fourth-order valence-corrected chi connectivity index (χ4v) is 5.08. The summed E-state index contributed by atoms with van der Waals surface area (Å²) in [5, 5.41) is 1.23. The highest BCUT2D eigenvalue weighted by molar-refractivity contribution is 7.15. The van der Waals surface area contributed by atoms with Crippen molar-refractivity contribution in [2.24, 2.45) is 5.73 Å². The Hall–Kier alpha value is -0.650. The first-order chi connectivity index (χ1) is 9.81. The van der Waals surface area contributed by atoms with E-state index in [1.165, 1.54) is 67.6 Å². The van der Waals surface area contributed by atoms with Crippen LogP contribution in [0.1, 0.15) is 48.7 Å². The van der Waals surface area contributed by atoms with E-state index in [4.69, 9.17) is 10.7 Å². The monoisotopic (exact) mass is 292 g/mol. The minimum Gasteiger partial charge on any atom is -0.346 e. The number of aryl methyl sites for hydroxylation is 1. The van der Waals surface area contributed by atoms with Gasteiger partial charge in [-0.3, -0.25) is 4.90 Å². The van der Waals surface area contributed by atoms with Crippen LogP contribution < -0.4 is 10.6 Å². The molecular formula is C15H24N4S. The third-order valence-electron chi connectivity index (χ3n) is 5.07. The Labute approximate surface area is 125 Å². The summed E-state index contributed by atoms with van der Waals surface area (Å²) in [6.07, 6.45) is 7.53. The molecule has 2 atom stereocenters. The van der Waals surface area contributed by atoms with Crippen molar-refractivity contribution < 1.29 is 0 Å². The number of aromatic nitrogens is 1. The van der Waals surface area contributed by atoms with E-state index < -0.39 is 0 Å². The van der Waals surface area contributed by atoms with Gasteiger partial charge in [-0.1, -0.05) is 11.3 Å². The van der Waals surface area contributed by atoms with Crippen molar-refractivity contribution in [1.82, 2.24) is 9.88 Å². The van der Waals surface area contributed by atoms with E-state index in [1.54, 1.807) is 0 Å². The van der Waals surface area contributed by atoms with Gasteiger partial charge in [0.25, 0.3) is 0 Å². The molecule has 2 fully saturated rings. The van der Waals surface area contributed by atoms with Crippen molar-refractivity contribution in [1.29, 1.82) is 0 Å². The van der Waals surface area contributed by atoms with Crippen molar-refractivity contribution in [3.8, 4) is 0 Å². The van der Waals surface area contributed by atoms with E-state index in [1.807, 2.05) is 11.3 Å². The number of likely N-dealkylation sites (tertiary alicyclic amines) is 1. The highest BCUT2D eigenvalue weighted by Gasteiger charge is 2.32. The molecule has 0 amide bonds. The molecule has 0 aromatic carbocycles. The summed E-state index contributed by atoms with van der Waals surface area (Å²) in [7, 11) is 0. The number of rotatable bonds is 2. The first kappa shape index (κ1) is 13.0. The van der Waals surface area contributed by atoms with E-state index in [-0.39, 0.29) is 6.04 Å². The van der Waals surface area contributed by atoms with Crippen LogP contribution in [0, 0.1) is 0 Å². The lowest BCUT2D eigenvalue weighted by molar-refractivity contribution is 0.260. The summed E-state index contributed by atoms with van der Waals surface area (Å²) in [6.45, 7) is 4.94. The number of nitrogens with two attached hydrogens (primary N) is 1. The molecule has 20 heavy (non-hydrogen) atoms. The zero-order valence-corrected chi connectivity index (χ0v) is 12.9. The van der Waals surface area contributed by atoms with Crippen molar-refractivity contribution in [3.05, 3.63) is 10.6 Å². The third kappa shape index (κ3) is 2.26. The second kappa shape index (κ2) is 5.28. The van der Waals surface area contributed by atoms with Crippen LogP contribution in [-0.4, -0.2) is 42.1 Å². The molecule has 4 nitrogen and oxygen atoms in total. The first-order valence-electron chi connectivity index (χ1n) is 8.05. The summed E-state index contributed by atoms with van der Waals surface area (Å²) in [5.41, 5.74) is 7.51. The van der Waals surface area contributed by atoms with Crippen molar-refractivity contribution in [2.75, 3.05) is 31.1 Å². The molecule has 3 heterocycles. The van der Waals surface area contributed by atoms with Gasteiger partial charge in [0.15, 0.2) is 5.13 Å². The third-order valence-corrected chi connectivity index (χ3v) is 6.36. The van der Waals surface area contributed by atoms with Gasteiger partial charge in [0, 0.05) is 30.1 Å². The molecular weight excluding hydrogens is 268 g/mol. The van der Waals surface area contributed by atoms with Crippen LogP contribution in [0.25, 0.3) is 0 Å². The molecule has 1 aromatic heterocycles. The maximum atomic E-state index is 6.23. The summed E-state index contributed by atoms with van der Waals surface area (Å²) >= 11 is 1.86. The molecule has 2 N–H and O–H groups in total. The SMILES string of the molecule is NC1CCCc2nc(N3CCC(N4CCCC4)C3)sc21. The fraction of sp³-hybridized carbons (Fsp3) is 0.800. The number of anilines is 1. The lowest BCUT2D eigenvalue weighted by atomic mass is 9.99. The quantitative estimate of drug-likeness (QED) is 0.907. The second-order valence-electron chi connectivity index (χ2n) is 6.44. The average molecular weight is 292 g/mol. The standard InChI is InChI=1S/C15H24N4S/c16-12-4-3-5-13-14(12)20-15(17-13)19-9-6-11(10-19)18-7-1-2-8-18/h11-12H,1-10,16H2. The smallest absolute Gasteiger partial charge is 0.185 e. The summed E-state index contributed by atoms with van der Waals surface area (Å²) in [4.78, 5) is 11.4. The second-order valence-corrected chi connectivity index (χ2v) is 7.45. The Kier molecular flexibility index (Phi) is 3.44. The summed E-state index contributed by atoms with van der Waals surface area (Å²) in [5.74, 6) is 0. The van der Waals surface area contributed by atoms with Gasteiger partial charge in [-0.15, -0.1) is 0 Å². The normalized spacial score (nSPS) is 30.9. The van der Waals surface area contributed by atoms with Crippen molar-refractivity contribution in [2.45, 2.75) is 50.6 Å². The molecule has 1 aliphatic carbocycles. The van der Waals surface area contributed by atoms with Gasteiger partial charge in [0.05, 0.1) is 5.69 Å². The van der Waals surface area contributed by atoms with Crippen molar-refractivity contribution in [3.63, 3.8) is 0 Å². The molecule has 3 aliphatic rings. The molecule has 4 rings (SSSR count). The van der Waals surface area contributed by atoms with Crippen LogP contribution in [-0.2, 0) is 6.42 Å². The van der Waals surface area contributed by atoms with Crippen LogP contribution in [0.4, 0.5) is 5.13 Å². The van der Waals surface area contributed by atoms with E-state index in [2.05, 4.69) is 9.80 Å². The van der Waals surface area contributed by atoms with Crippen LogP contribution in [0.15, 0.2) is 0 Å². The molecule has 0 radical (unpaired) electrons. The van der Waals surface area contributed by atoms with Crippen LogP contribution in [0.5, 0.6) is 0 Å². The lowest BCUT2D eigenvalue weighted by Gasteiger charge is -2.23. The van der Waals surface area contributed by atoms with Gasteiger partial charge in [-0.25, -0.2) is 4.98 Å². The van der Waals surface area contributed by atoms with Gasteiger partial charge in [-0.2, -0.15) is 0 Å². The highest BCUT2D eigenvalue weighted by Crippen LogP contribution is 2.37. The zero-order chi connectivity index (χ0) is 13.5. The van der Waals surface area contributed by atoms with E-state index in [0.717, 1.165) is 18.9 Å². The molecule has 1 aromatic rings. The molecule has 0 saturated carbocycles. The van der Waals surface area contributed by atoms with E-state index in [0.29, 0.717) is 0 Å². The minimum absolute atomic E-state index is 0.238. The van der Waals surface area contributed by atoms with Gasteiger partial charge in [0.1, 0.15) is 0 Å². The number of hydrogen-bond acceptors (Lipinski definition) is 5. The molecule has 0 spiro atoms. The number of thiazole rings is 1. The topological polar surface area (TPSA) is 45.4 Å². The van der Waals surface area contributed by atoms with Crippen LogP contribution in [0.3, 0.4) is 0 Å². The molecule has 5 heteroatoms. The minimum atomic E-state index is 0.238. The highest BCUT2D eigenvalue weighted by atomic mass is 32.1. The fourth-order valence-electron chi connectivity index (χ4n) is 3.90. The molecule has 110 valence electrons. The summed E-state index contributed by atoms with van der Waals surface area (Å²) in [6, 6.07) is 0.995. The average Bonchev–Trinajstić information content (AvgIpc) is 3.18. The first-order valence-corrected chi connectivity index (χ1v) is 8.87. The molecule has 2 unspecified atom stereocenters. The van der Waals surface area contributed by atoms with Gasteiger partial charge >= 0.3 is 0 Å². The Morgan fingerprint density at radius 3 is 2.75 bits per heavy atom.